The summed E-state index contributed by atoms with van der Waals surface area (Å²) < 4.78 is 28.4. The predicted octanol–water partition coefficient (Wildman–Crippen LogP) is -0.887. The van der Waals surface area contributed by atoms with Gasteiger partial charge in [0.05, 0.1) is 0 Å². The number of H-pyrrole nitrogens is 1. The molecule has 114 valence electrons. The summed E-state index contributed by atoms with van der Waals surface area (Å²) in [5, 5.41) is 9.57. The Balaban J connectivity index is 1.76. The molecule has 0 spiro atoms. The van der Waals surface area contributed by atoms with Crippen LogP contribution in [-0.2, 0) is 16.6 Å². The molecule has 0 unspecified atom stereocenters. The van der Waals surface area contributed by atoms with Crippen LogP contribution in [-0.4, -0.2) is 61.1 Å². The van der Waals surface area contributed by atoms with E-state index in [9.17, 15) is 8.42 Å². The minimum Gasteiger partial charge on any atom is -0.319 e. The molecule has 0 aliphatic carbocycles. The fourth-order valence-corrected chi connectivity index (χ4v) is 3.62. The first-order chi connectivity index (χ1) is 9.62. The van der Waals surface area contributed by atoms with Crippen LogP contribution in [0.1, 0.15) is 18.7 Å². The average molecular weight is 302 g/mol. The molecule has 8 nitrogen and oxygen atoms in total. The first-order valence-corrected chi connectivity index (χ1v) is 8.29. The number of nitrogens with zero attached hydrogens (tertiary/aromatic N) is 3. The van der Waals surface area contributed by atoms with Crippen LogP contribution in [0.25, 0.3) is 0 Å². The molecular formula is C11H22N6O2S. The Labute approximate surface area is 119 Å². The lowest BCUT2D eigenvalue weighted by Gasteiger charge is -2.31. The second-order valence-electron chi connectivity index (χ2n) is 4.98. The van der Waals surface area contributed by atoms with E-state index in [1.807, 2.05) is 7.05 Å². The van der Waals surface area contributed by atoms with Gasteiger partial charge < -0.3 is 5.32 Å². The summed E-state index contributed by atoms with van der Waals surface area (Å²) in [6, 6.07) is 0. The van der Waals surface area contributed by atoms with E-state index in [1.165, 1.54) is 10.6 Å². The highest BCUT2D eigenvalue weighted by atomic mass is 32.2. The molecule has 0 amide bonds. The van der Waals surface area contributed by atoms with Crippen molar-refractivity contribution in [1.82, 2.24) is 29.5 Å². The second-order valence-corrected chi connectivity index (χ2v) is 6.74. The molecule has 0 bridgehead atoms. The Bertz CT molecular complexity index is 481. The summed E-state index contributed by atoms with van der Waals surface area (Å²) in [5.41, 5.74) is 0. The van der Waals surface area contributed by atoms with E-state index < -0.39 is 10.2 Å². The van der Waals surface area contributed by atoms with Crippen molar-refractivity contribution in [3.63, 3.8) is 0 Å². The van der Waals surface area contributed by atoms with Gasteiger partial charge in [0.15, 0.2) is 0 Å². The maximum atomic E-state index is 12.1. The monoisotopic (exact) mass is 302 g/mol. The van der Waals surface area contributed by atoms with Gasteiger partial charge in [-0.2, -0.15) is 17.8 Å². The third-order valence-electron chi connectivity index (χ3n) is 3.52. The van der Waals surface area contributed by atoms with Crippen LogP contribution in [0.5, 0.6) is 0 Å². The summed E-state index contributed by atoms with van der Waals surface area (Å²) in [5.74, 6) is 1.25. The van der Waals surface area contributed by atoms with Gasteiger partial charge in [-0.05, 0) is 32.4 Å². The van der Waals surface area contributed by atoms with Crippen molar-refractivity contribution >= 4 is 10.2 Å². The standard InChI is InChI=1S/C11H22N6O2S/c1-12-8-10-3-6-17(7-4-10)20(18,19)15-5-2-11-13-9-14-16-11/h9-10,12,15H,2-8H2,1H3,(H,13,14,16). The van der Waals surface area contributed by atoms with Crippen molar-refractivity contribution in [2.75, 3.05) is 33.2 Å². The van der Waals surface area contributed by atoms with Gasteiger partial charge in [0, 0.05) is 26.1 Å². The van der Waals surface area contributed by atoms with E-state index in [1.54, 1.807) is 0 Å². The number of aromatic nitrogens is 3. The zero-order valence-corrected chi connectivity index (χ0v) is 12.5. The maximum Gasteiger partial charge on any atom is 0.279 e. The molecule has 1 fully saturated rings. The molecule has 1 aromatic heterocycles. The Morgan fingerprint density at radius 1 is 1.45 bits per heavy atom. The van der Waals surface area contributed by atoms with Crippen LogP contribution < -0.4 is 10.0 Å². The minimum atomic E-state index is -3.37. The molecule has 0 atom stereocenters. The third kappa shape index (κ3) is 4.23. The number of hydrogen-bond acceptors (Lipinski definition) is 5. The molecule has 0 saturated carbocycles. The van der Waals surface area contributed by atoms with E-state index in [2.05, 4.69) is 25.2 Å². The van der Waals surface area contributed by atoms with Crippen LogP contribution in [0, 0.1) is 5.92 Å². The predicted molar refractivity (Wildman–Crippen MR) is 75.2 cm³/mol. The third-order valence-corrected chi connectivity index (χ3v) is 5.13. The summed E-state index contributed by atoms with van der Waals surface area (Å²) in [4.78, 5) is 3.96. The summed E-state index contributed by atoms with van der Waals surface area (Å²) in [6.07, 6.45) is 3.74. The largest absolute Gasteiger partial charge is 0.319 e. The quantitative estimate of drug-likeness (QED) is 0.606. The summed E-state index contributed by atoms with van der Waals surface area (Å²) >= 11 is 0. The lowest BCUT2D eigenvalue weighted by molar-refractivity contribution is 0.268. The van der Waals surface area contributed by atoms with Gasteiger partial charge in [-0.15, -0.1) is 0 Å². The Morgan fingerprint density at radius 2 is 2.20 bits per heavy atom. The topological polar surface area (TPSA) is 103 Å². The van der Waals surface area contributed by atoms with Crippen LogP contribution >= 0.6 is 0 Å². The van der Waals surface area contributed by atoms with Crippen molar-refractivity contribution in [1.29, 1.82) is 0 Å². The van der Waals surface area contributed by atoms with Crippen molar-refractivity contribution in [2.45, 2.75) is 19.3 Å². The second kappa shape index (κ2) is 7.11. The molecular weight excluding hydrogens is 280 g/mol. The first kappa shape index (κ1) is 15.4. The first-order valence-electron chi connectivity index (χ1n) is 6.85. The molecule has 0 radical (unpaired) electrons. The molecule has 20 heavy (non-hydrogen) atoms. The number of aromatic amines is 1. The van der Waals surface area contributed by atoms with Gasteiger partial charge in [0.1, 0.15) is 12.2 Å². The molecule has 0 aromatic carbocycles. The van der Waals surface area contributed by atoms with E-state index in [0.29, 0.717) is 37.8 Å². The number of piperidine rings is 1. The van der Waals surface area contributed by atoms with Crippen molar-refractivity contribution in [3.05, 3.63) is 12.2 Å². The molecule has 1 aliphatic rings. The van der Waals surface area contributed by atoms with Gasteiger partial charge in [-0.25, -0.2) is 9.71 Å². The highest BCUT2D eigenvalue weighted by molar-refractivity contribution is 7.87. The normalized spacial score (nSPS) is 18.4. The average Bonchev–Trinajstić information content (AvgIpc) is 2.93. The maximum absolute atomic E-state index is 12.1. The highest BCUT2D eigenvalue weighted by Crippen LogP contribution is 2.18. The highest BCUT2D eigenvalue weighted by Gasteiger charge is 2.27. The fourth-order valence-electron chi connectivity index (χ4n) is 2.38. The number of rotatable bonds is 7. The van der Waals surface area contributed by atoms with Crippen molar-refractivity contribution in [3.8, 4) is 0 Å². The Morgan fingerprint density at radius 3 is 2.80 bits per heavy atom. The SMILES string of the molecule is CNCC1CCN(S(=O)(=O)NCCc2ncn[nH]2)CC1. The van der Waals surface area contributed by atoms with Gasteiger partial charge in [-0.3, -0.25) is 5.10 Å². The Kier molecular flexibility index (Phi) is 5.46. The minimum absolute atomic E-state index is 0.327. The summed E-state index contributed by atoms with van der Waals surface area (Å²) in [7, 11) is -1.45. The lowest BCUT2D eigenvalue weighted by atomic mass is 9.98. The van der Waals surface area contributed by atoms with Crippen molar-refractivity contribution < 1.29 is 8.42 Å². The van der Waals surface area contributed by atoms with Crippen LogP contribution in [0.2, 0.25) is 0 Å². The van der Waals surface area contributed by atoms with Crippen LogP contribution in [0.3, 0.4) is 0 Å². The molecule has 1 aliphatic heterocycles. The molecule has 2 rings (SSSR count). The van der Waals surface area contributed by atoms with Crippen LogP contribution in [0.4, 0.5) is 0 Å². The Hall–Kier alpha value is -1.03. The van der Waals surface area contributed by atoms with E-state index in [4.69, 9.17) is 0 Å². The van der Waals surface area contributed by atoms with Crippen molar-refractivity contribution in [2.24, 2.45) is 5.92 Å². The molecule has 1 saturated heterocycles. The van der Waals surface area contributed by atoms with Gasteiger partial charge >= 0.3 is 0 Å². The molecule has 3 N–H and O–H groups in total. The zero-order valence-electron chi connectivity index (χ0n) is 11.7. The smallest absolute Gasteiger partial charge is 0.279 e. The van der Waals surface area contributed by atoms with Gasteiger partial charge in [0.2, 0.25) is 0 Å². The van der Waals surface area contributed by atoms with E-state index >= 15 is 0 Å². The molecule has 2 heterocycles. The molecule has 9 heteroatoms. The number of nitrogens with one attached hydrogen (secondary N) is 3. The molecule has 1 aromatic rings. The lowest BCUT2D eigenvalue weighted by Crippen LogP contribution is -2.46. The van der Waals surface area contributed by atoms with Gasteiger partial charge in [-0.1, -0.05) is 0 Å². The van der Waals surface area contributed by atoms with Crippen LogP contribution in [0.15, 0.2) is 6.33 Å². The van der Waals surface area contributed by atoms with E-state index in [-0.39, 0.29) is 0 Å². The van der Waals surface area contributed by atoms with E-state index in [0.717, 1.165) is 19.4 Å². The van der Waals surface area contributed by atoms with Gasteiger partial charge in [0.25, 0.3) is 10.2 Å². The zero-order chi connectivity index (χ0) is 14.4. The summed E-state index contributed by atoms with van der Waals surface area (Å²) in [6.45, 7) is 2.45. The number of hydrogen-bond donors (Lipinski definition) is 3. The fraction of sp³-hybridized carbons (Fsp3) is 0.818.